The minimum Gasteiger partial charge on any atom is -0.497 e. The summed E-state index contributed by atoms with van der Waals surface area (Å²) < 4.78 is 7.97. The second-order valence-corrected chi connectivity index (χ2v) is 7.66. The number of benzene rings is 2. The number of ether oxygens (including phenoxy) is 1. The molecule has 0 aliphatic rings. The highest BCUT2D eigenvalue weighted by molar-refractivity contribution is 9.10. The van der Waals surface area contributed by atoms with Crippen molar-refractivity contribution in [1.29, 1.82) is 0 Å². The van der Waals surface area contributed by atoms with Gasteiger partial charge in [0.1, 0.15) is 5.75 Å². The van der Waals surface area contributed by atoms with Gasteiger partial charge in [0.05, 0.1) is 12.8 Å². The van der Waals surface area contributed by atoms with E-state index in [2.05, 4.69) is 36.7 Å². The molecule has 0 spiro atoms. The number of hydrogen-bond acceptors (Lipinski definition) is 7. The lowest BCUT2D eigenvalue weighted by atomic mass is 10.2. The van der Waals surface area contributed by atoms with Crippen molar-refractivity contribution in [2.75, 3.05) is 12.5 Å². The van der Waals surface area contributed by atoms with E-state index in [1.54, 1.807) is 7.11 Å². The van der Waals surface area contributed by atoms with E-state index in [0.29, 0.717) is 16.0 Å². The molecule has 0 unspecified atom stereocenters. The lowest BCUT2D eigenvalue weighted by Crippen LogP contribution is -2.09. The Morgan fingerprint density at radius 1 is 1.14 bits per heavy atom. The van der Waals surface area contributed by atoms with E-state index in [0.717, 1.165) is 33.2 Å². The third kappa shape index (κ3) is 4.79. The summed E-state index contributed by atoms with van der Waals surface area (Å²) >= 11 is 4.55. The fourth-order valence-corrected chi connectivity index (χ4v) is 3.27. The van der Waals surface area contributed by atoms with E-state index >= 15 is 0 Å². The predicted octanol–water partition coefficient (Wildman–Crippen LogP) is 4.36. The summed E-state index contributed by atoms with van der Waals surface area (Å²) in [5, 5.41) is 13.5. The van der Waals surface area contributed by atoms with Gasteiger partial charge in [-0.05, 0) is 60.3 Å². The molecule has 3 rings (SSSR count). The van der Waals surface area contributed by atoms with Gasteiger partial charge in [-0.1, -0.05) is 15.9 Å². The maximum Gasteiger partial charge on any atom is 0.197 e. The van der Waals surface area contributed by atoms with Crippen LogP contribution >= 0.6 is 27.7 Å². The number of thioether (sulfide) groups is 1. The van der Waals surface area contributed by atoms with Crippen LogP contribution in [0.1, 0.15) is 6.92 Å². The van der Waals surface area contributed by atoms with Crippen molar-refractivity contribution in [1.82, 2.24) is 14.8 Å². The van der Waals surface area contributed by atoms with E-state index in [1.807, 2.05) is 60.1 Å². The van der Waals surface area contributed by atoms with Gasteiger partial charge in [0.2, 0.25) is 0 Å². The second-order valence-electron chi connectivity index (χ2n) is 5.79. The molecule has 9 heteroatoms. The number of carbonyl (C=O) groups is 1. The molecule has 1 N–H and O–H groups in total. The molecule has 144 valence electrons. The predicted molar refractivity (Wildman–Crippen MR) is 115 cm³/mol. The number of methoxy groups -OCH3 is 1. The number of Topliss-reactive ketones (excluding diaryl/α,β-unsaturated/α-hetero) is 1. The Morgan fingerprint density at radius 3 is 2.43 bits per heavy atom. The third-order valence-corrected chi connectivity index (χ3v) is 5.44. The number of anilines is 1. The van der Waals surface area contributed by atoms with Gasteiger partial charge in [-0.25, -0.2) is 0 Å². The van der Waals surface area contributed by atoms with Crippen molar-refractivity contribution in [3.8, 4) is 17.1 Å². The Bertz CT molecular complexity index is 1000. The molecule has 0 saturated heterocycles. The van der Waals surface area contributed by atoms with Gasteiger partial charge in [-0.15, -0.1) is 10.2 Å². The van der Waals surface area contributed by atoms with Crippen LogP contribution < -0.4 is 10.2 Å². The van der Waals surface area contributed by atoms with Crippen LogP contribution in [0.25, 0.3) is 11.4 Å². The lowest BCUT2D eigenvalue weighted by molar-refractivity contribution is -0.110. The lowest BCUT2D eigenvalue weighted by Gasteiger charge is -2.06. The molecule has 1 heterocycles. The Morgan fingerprint density at radius 2 is 1.82 bits per heavy atom. The third-order valence-electron chi connectivity index (χ3n) is 3.80. The maximum atomic E-state index is 12.0. The standard InChI is InChI=1S/C19H18BrN5O2S/c1-12(26)18(23-21-15-8-6-14(20)7-9-15)28-19-24-22-17(25(19)2)13-4-10-16(27-3)11-5-13/h4-11,21H,1-3H3/b23-18+. The van der Waals surface area contributed by atoms with E-state index < -0.39 is 0 Å². The Kier molecular flexibility index (Phi) is 6.48. The number of hydrogen-bond donors (Lipinski definition) is 1. The highest BCUT2D eigenvalue weighted by atomic mass is 79.9. The Hall–Kier alpha value is -2.65. The van der Waals surface area contributed by atoms with E-state index in [9.17, 15) is 4.79 Å². The summed E-state index contributed by atoms with van der Waals surface area (Å²) in [6.07, 6.45) is 0. The zero-order chi connectivity index (χ0) is 20.1. The van der Waals surface area contributed by atoms with Crippen LogP contribution in [0.3, 0.4) is 0 Å². The summed E-state index contributed by atoms with van der Waals surface area (Å²) in [6.45, 7) is 1.47. The number of aromatic nitrogens is 3. The van der Waals surface area contributed by atoms with Crippen LogP contribution in [0.4, 0.5) is 5.69 Å². The minimum atomic E-state index is -0.163. The fraction of sp³-hybridized carbons (Fsp3) is 0.158. The summed E-state index contributed by atoms with van der Waals surface area (Å²) in [7, 11) is 3.47. The molecule has 7 nitrogen and oxygen atoms in total. The molecule has 0 radical (unpaired) electrons. The zero-order valence-electron chi connectivity index (χ0n) is 15.5. The first-order valence-corrected chi connectivity index (χ1v) is 9.90. The van der Waals surface area contributed by atoms with E-state index in [4.69, 9.17) is 4.74 Å². The maximum absolute atomic E-state index is 12.0. The normalized spacial score (nSPS) is 11.4. The fourth-order valence-electron chi connectivity index (χ4n) is 2.29. The number of rotatable bonds is 6. The quantitative estimate of drug-likeness (QED) is 0.255. The molecular formula is C19H18BrN5O2S. The summed E-state index contributed by atoms with van der Waals surface area (Å²) in [4.78, 5) is 12.0. The summed E-state index contributed by atoms with van der Waals surface area (Å²) in [5.41, 5.74) is 4.58. The van der Waals surface area contributed by atoms with Crippen molar-refractivity contribution in [2.45, 2.75) is 12.1 Å². The monoisotopic (exact) mass is 459 g/mol. The summed E-state index contributed by atoms with van der Waals surface area (Å²) in [6, 6.07) is 15.0. The number of hydrazone groups is 1. The number of ketones is 1. The molecule has 0 saturated carbocycles. The molecule has 0 atom stereocenters. The van der Waals surface area contributed by atoms with Crippen LogP contribution in [0.15, 0.2) is 63.3 Å². The average molecular weight is 460 g/mol. The van der Waals surface area contributed by atoms with Crippen LogP contribution in [-0.2, 0) is 11.8 Å². The molecule has 3 aromatic rings. The highest BCUT2D eigenvalue weighted by Crippen LogP contribution is 2.25. The number of halogens is 1. The minimum absolute atomic E-state index is 0.163. The number of nitrogens with zero attached hydrogens (tertiary/aromatic N) is 4. The zero-order valence-corrected chi connectivity index (χ0v) is 17.9. The van der Waals surface area contributed by atoms with Gasteiger partial charge in [0.15, 0.2) is 21.8 Å². The van der Waals surface area contributed by atoms with Crippen molar-refractivity contribution in [2.24, 2.45) is 12.1 Å². The van der Waals surface area contributed by atoms with E-state index in [1.165, 1.54) is 6.92 Å². The number of nitrogens with one attached hydrogen (secondary N) is 1. The number of carbonyl (C=O) groups excluding carboxylic acids is 1. The Balaban J connectivity index is 1.79. The van der Waals surface area contributed by atoms with E-state index in [-0.39, 0.29) is 5.78 Å². The van der Waals surface area contributed by atoms with Crippen LogP contribution in [0.5, 0.6) is 5.75 Å². The largest absolute Gasteiger partial charge is 0.497 e. The molecule has 28 heavy (non-hydrogen) atoms. The van der Waals surface area contributed by atoms with Crippen LogP contribution in [-0.4, -0.2) is 32.7 Å². The van der Waals surface area contributed by atoms with Crippen molar-refractivity contribution >= 4 is 44.2 Å². The van der Waals surface area contributed by atoms with Crippen LogP contribution in [0.2, 0.25) is 0 Å². The molecule has 0 amide bonds. The topological polar surface area (TPSA) is 81.4 Å². The van der Waals surface area contributed by atoms with Gasteiger partial charge < -0.3 is 9.30 Å². The smallest absolute Gasteiger partial charge is 0.197 e. The molecule has 0 fully saturated rings. The summed E-state index contributed by atoms with van der Waals surface area (Å²) in [5.74, 6) is 1.29. The van der Waals surface area contributed by atoms with Gasteiger partial charge in [-0.2, -0.15) is 5.10 Å². The second kappa shape index (κ2) is 9.03. The first-order valence-electron chi connectivity index (χ1n) is 8.30. The van der Waals surface area contributed by atoms with Gasteiger partial charge in [0, 0.05) is 24.0 Å². The SMILES string of the molecule is COc1ccc(-c2nnc(S/C(=N/Nc3ccc(Br)cc3)C(C)=O)n2C)cc1. The first-order chi connectivity index (χ1) is 13.5. The molecule has 2 aromatic carbocycles. The van der Waals surface area contributed by atoms with Gasteiger partial charge in [-0.3, -0.25) is 10.2 Å². The Labute approximate surface area is 175 Å². The first kappa shape index (κ1) is 20.1. The van der Waals surface area contributed by atoms with Gasteiger partial charge >= 0.3 is 0 Å². The van der Waals surface area contributed by atoms with Crippen molar-refractivity contribution < 1.29 is 9.53 Å². The molecular weight excluding hydrogens is 442 g/mol. The van der Waals surface area contributed by atoms with Crippen molar-refractivity contribution in [3.05, 3.63) is 53.0 Å². The van der Waals surface area contributed by atoms with Crippen LogP contribution in [0, 0.1) is 0 Å². The highest BCUT2D eigenvalue weighted by Gasteiger charge is 2.16. The van der Waals surface area contributed by atoms with Gasteiger partial charge in [0.25, 0.3) is 0 Å². The molecule has 0 bridgehead atoms. The molecule has 1 aromatic heterocycles. The molecule has 0 aliphatic heterocycles. The average Bonchev–Trinajstić information content (AvgIpc) is 3.06. The molecule has 0 aliphatic carbocycles. The van der Waals surface area contributed by atoms with Crippen molar-refractivity contribution in [3.63, 3.8) is 0 Å².